The summed E-state index contributed by atoms with van der Waals surface area (Å²) < 4.78 is 6.98. The molecule has 0 unspecified atom stereocenters. The number of carbonyl (C=O) groups is 3. The third-order valence-corrected chi connectivity index (χ3v) is 4.92. The Bertz CT molecular complexity index is 1010. The topological polar surface area (TPSA) is 75.8 Å². The van der Waals surface area contributed by atoms with E-state index in [1.165, 1.54) is 11.2 Å². The van der Waals surface area contributed by atoms with Crippen molar-refractivity contribution in [1.29, 1.82) is 0 Å². The second-order valence-electron chi connectivity index (χ2n) is 6.56. The first kappa shape index (κ1) is 17.1. The number of Topliss-reactive ketones (excluding diaryl/α,β-unsaturated/α-hetero) is 1. The van der Waals surface area contributed by atoms with Gasteiger partial charge in [0.2, 0.25) is 0 Å². The average Bonchev–Trinajstić information content (AvgIpc) is 3.35. The van der Waals surface area contributed by atoms with Crippen molar-refractivity contribution in [3.63, 3.8) is 0 Å². The summed E-state index contributed by atoms with van der Waals surface area (Å²) in [5.74, 6) is -0.969. The molecule has 1 aliphatic rings. The molecule has 0 radical (unpaired) electrons. The molecule has 7 heteroatoms. The van der Waals surface area contributed by atoms with Crippen LogP contribution in [0.2, 0.25) is 0 Å². The zero-order valence-electron chi connectivity index (χ0n) is 14.9. The van der Waals surface area contributed by atoms with Crippen LogP contribution in [-0.2, 0) is 11.8 Å². The molecular weight excluding hydrogens is 346 g/mol. The molecule has 3 heterocycles. The lowest BCUT2D eigenvalue weighted by Crippen LogP contribution is -2.52. The van der Waals surface area contributed by atoms with Crippen LogP contribution in [0.15, 0.2) is 53.3 Å². The summed E-state index contributed by atoms with van der Waals surface area (Å²) in [5.41, 5.74) is 1.31. The fourth-order valence-corrected chi connectivity index (χ4v) is 3.45. The molecule has 0 aliphatic carbocycles. The van der Waals surface area contributed by atoms with E-state index in [9.17, 15) is 14.4 Å². The van der Waals surface area contributed by atoms with E-state index in [1.54, 1.807) is 23.2 Å². The number of rotatable bonds is 3. The molecule has 3 aromatic rings. The highest BCUT2D eigenvalue weighted by molar-refractivity contribution is 6.44. The van der Waals surface area contributed by atoms with Gasteiger partial charge in [0.05, 0.1) is 11.8 Å². The van der Waals surface area contributed by atoms with Crippen molar-refractivity contribution in [2.75, 3.05) is 26.2 Å². The van der Waals surface area contributed by atoms with E-state index in [2.05, 4.69) is 0 Å². The number of hydrogen-bond donors (Lipinski definition) is 0. The molecule has 1 fully saturated rings. The number of furan rings is 1. The predicted molar refractivity (Wildman–Crippen MR) is 98.4 cm³/mol. The molecule has 0 atom stereocenters. The maximum Gasteiger partial charge on any atom is 0.295 e. The van der Waals surface area contributed by atoms with E-state index < -0.39 is 11.7 Å². The highest BCUT2D eigenvalue weighted by Crippen LogP contribution is 2.21. The van der Waals surface area contributed by atoms with Crippen LogP contribution in [0.3, 0.4) is 0 Å². The van der Waals surface area contributed by atoms with Crippen molar-refractivity contribution >= 4 is 28.5 Å². The first-order valence-electron chi connectivity index (χ1n) is 8.76. The third kappa shape index (κ3) is 3.01. The van der Waals surface area contributed by atoms with Gasteiger partial charge in [0.25, 0.3) is 17.6 Å². The van der Waals surface area contributed by atoms with Crippen molar-refractivity contribution in [3.8, 4) is 0 Å². The molecule has 138 valence electrons. The molecular formula is C20H19N3O4. The van der Waals surface area contributed by atoms with Crippen LogP contribution in [0, 0.1) is 0 Å². The molecule has 4 rings (SSSR count). The minimum atomic E-state index is -0.531. The average molecular weight is 365 g/mol. The zero-order valence-corrected chi connectivity index (χ0v) is 14.9. The number of amides is 2. The molecule has 1 aromatic carbocycles. The molecule has 0 saturated carbocycles. The molecule has 1 saturated heterocycles. The van der Waals surface area contributed by atoms with Crippen molar-refractivity contribution in [1.82, 2.24) is 14.4 Å². The number of hydrogen-bond acceptors (Lipinski definition) is 4. The van der Waals surface area contributed by atoms with Gasteiger partial charge in [-0.1, -0.05) is 18.2 Å². The Balaban J connectivity index is 1.46. The van der Waals surface area contributed by atoms with Crippen LogP contribution in [0.1, 0.15) is 20.9 Å². The van der Waals surface area contributed by atoms with Gasteiger partial charge >= 0.3 is 0 Å². The number of aryl methyl sites for hydroxylation is 1. The lowest BCUT2D eigenvalue weighted by Gasteiger charge is -2.33. The second kappa shape index (κ2) is 6.75. The smallest absolute Gasteiger partial charge is 0.295 e. The maximum atomic E-state index is 12.8. The monoisotopic (exact) mass is 365 g/mol. The van der Waals surface area contributed by atoms with E-state index >= 15 is 0 Å². The lowest BCUT2D eigenvalue weighted by atomic mass is 10.1. The van der Waals surface area contributed by atoms with Crippen LogP contribution in [0.5, 0.6) is 0 Å². The van der Waals surface area contributed by atoms with Gasteiger partial charge in [-0.05, 0) is 18.2 Å². The van der Waals surface area contributed by atoms with E-state index in [-0.39, 0.29) is 11.7 Å². The molecule has 0 bridgehead atoms. The number of aromatic nitrogens is 1. The van der Waals surface area contributed by atoms with Crippen molar-refractivity contribution in [2.24, 2.45) is 7.05 Å². The Labute approximate surface area is 155 Å². The number of carbonyl (C=O) groups excluding carboxylic acids is 3. The number of benzene rings is 1. The van der Waals surface area contributed by atoms with E-state index in [4.69, 9.17) is 4.42 Å². The van der Waals surface area contributed by atoms with Gasteiger partial charge < -0.3 is 18.8 Å². The van der Waals surface area contributed by atoms with Crippen molar-refractivity contribution in [3.05, 3.63) is 60.2 Å². The Hall–Kier alpha value is -3.35. The molecule has 2 aromatic heterocycles. The second-order valence-corrected chi connectivity index (χ2v) is 6.56. The summed E-state index contributed by atoms with van der Waals surface area (Å²) in [6.07, 6.45) is 3.15. The fraction of sp³-hybridized carbons (Fsp3) is 0.250. The molecule has 7 nitrogen and oxygen atoms in total. The normalized spacial score (nSPS) is 14.6. The first-order chi connectivity index (χ1) is 13.1. The standard InChI is InChI=1S/C20H19N3O4/c1-21-13-15(14-5-2-3-6-16(14)21)18(24)20(26)23-10-8-22(9-11-23)19(25)17-7-4-12-27-17/h2-7,12-13H,8-11H2,1H3. The van der Waals surface area contributed by atoms with E-state index in [0.29, 0.717) is 31.7 Å². The molecule has 0 N–H and O–H groups in total. The van der Waals surface area contributed by atoms with Gasteiger partial charge in [0.15, 0.2) is 5.76 Å². The van der Waals surface area contributed by atoms with Gasteiger partial charge in [0, 0.05) is 50.3 Å². The Kier molecular flexibility index (Phi) is 4.27. The summed E-state index contributed by atoms with van der Waals surface area (Å²) in [6.45, 7) is 1.38. The van der Waals surface area contributed by atoms with Crippen molar-refractivity contribution in [2.45, 2.75) is 0 Å². The van der Waals surface area contributed by atoms with Gasteiger partial charge in [-0.25, -0.2) is 0 Å². The minimum absolute atomic E-state index is 0.201. The quantitative estimate of drug-likeness (QED) is 0.525. The van der Waals surface area contributed by atoms with Gasteiger partial charge in [-0.2, -0.15) is 0 Å². The highest BCUT2D eigenvalue weighted by atomic mass is 16.3. The summed E-state index contributed by atoms with van der Waals surface area (Å²) in [4.78, 5) is 40.9. The summed E-state index contributed by atoms with van der Waals surface area (Å²) >= 11 is 0. The number of ketones is 1. The van der Waals surface area contributed by atoms with Gasteiger partial charge in [-0.15, -0.1) is 0 Å². The van der Waals surface area contributed by atoms with Crippen LogP contribution < -0.4 is 0 Å². The molecule has 0 spiro atoms. The number of nitrogens with zero attached hydrogens (tertiary/aromatic N) is 3. The Morgan fingerprint density at radius 1 is 0.926 bits per heavy atom. The number of fused-ring (bicyclic) bond motifs is 1. The van der Waals surface area contributed by atoms with E-state index in [1.807, 2.05) is 35.9 Å². The number of para-hydroxylation sites is 1. The van der Waals surface area contributed by atoms with Crippen molar-refractivity contribution < 1.29 is 18.8 Å². The predicted octanol–water partition coefficient (Wildman–Crippen LogP) is 1.94. The van der Waals surface area contributed by atoms with Crippen LogP contribution in [-0.4, -0.2) is 58.1 Å². The van der Waals surface area contributed by atoms with E-state index in [0.717, 1.165) is 10.9 Å². The SMILES string of the molecule is Cn1cc(C(=O)C(=O)N2CCN(C(=O)c3ccco3)CC2)c2ccccc21. The van der Waals surface area contributed by atoms with Gasteiger partial charge in [-0.3, -0.25) is 14.4 Å². The first-order valence-corrected chi connectivity index (χ1v) is 8.76. The Morgan fingerprint density at radius 3 is 2.33 bits per heavy atom. The number of piperazine rings is 1. The zero-order chi connectivity index (χ0) is 19.0. The summed E-state index contributed by atoms with van der Waals surface area (Å²) in [5, 5.41) is 0.769. The third-order valence-electron chi connectivity index (χ3n) is 4.92. The molecule has 2 amide bonds. The highest BCUT2D eigenvalue weighted by Gasteiger charge is 2.30. The van der Waals surface area contributed by atoms with Crippen LogP contribution in [0.4, 0.5) is 0 Å². The maximum absolute atomic E-state index is 12.8. The summed E-state index contributed by atoms with van der Waals surface area (Å²) in [7, 11) is 1.85. The molecule has 1 aliphatic heterocycles. The lowest BCUT2D eigenvalue weighted by molar-refractivity contribution is -0.127. The van der Waals surface area contributed by atoms with Crippen LogP contribution >= 0.6 is 0 Å². The summed E-state index contributed by atoms with van der Waals surface area (Å²) in [6, 6.07) is 10.8. The minimum Gasteiger partial charge on any atom is -0.459 e. The molecule has 27 heavy (non-hydrogen) atoms. The Morgan fingerprint density at radius 2 is 1.63 bits per heavy atom. The van der Waals surface area contributed by atoms with Crippen LogP contribution in [0.25, 0.3) is 10.9 Å². The van der Waals surface area contributed by atoms with Gasteiger partial charge in [0.1, 0.15) is 0 Å². The fourth-order valence-electron chi connectivity index (χ4n) is 3.45. The largest absolute Gasteiger partial charge is 0.459 e.